The Morgan fingerprint density at radius 3 is 2.64 bits per heavy atom. The monoisotopic (exact) mass is 427 g/mol. The maximum Gasteiger partial charge on any atom is 0.186 e. The molecule has 7 nitrogen and oxygen atoms in total. The third-order valence-electron chi connectivity index (χ3n) is 4.09. The molecule has 2 aromatic carbocycles. The van der Waals surface area contributed by atoms with Crippen molar-refractivity contribution in [3.05, 3.63) is 69.8 Å². The second kappa shape index (κ2) is 7.64. The lowest BCUT2D eigenvalue weighted by molar-refractivity contribution is 0.652. The number of nitriles is 1. The van der Waals surface area contributed by atoms with E-state index in [4.69, 9.17) is 28.5 Å². The third-order valence-corrected chi connectivity index (χ3v) is 5.33. The number of nitrogens with zero attached hydrogens (tertiary/aromatic N) is 7. The van der Waals surface area contributed by atoms with Crippen molar-refractivity contribution in [1.82, 2.24) is 30.0 Å². The lowest BCUT2D eigenvalue weighted by atomic mass is 10.1. The van der Waals surface area contributed by atoms with Crippen LogP contribution in [0.4, 0.5) is 0 Å². The standard InChI is InChI=1S/C18H11Cl2N7S/c19-14-2-1-3-15(16(14)20)27-18(28)13(9-22-27)17-23-24-25-26(17)10-12-6-4-11(8-21)5-7-12/h1-7,9,28H,10H2. The zero-order valence-corrected chi connectivity index (χ0v) is 16.6. The van der Waals surface area contributed by atoms with Gasteiger partial charge in [-0.25, -0.2) is 9.36 Å². The van der Waals surface area contributed by atoms with Gasteiger partial charge in [0.25, 0.3) is 0 Å². The van der Waals surface area contributed by atoms with Gasteiger partial charge in [-0.15, -0.1) is 17.7 Å². The zero-order chi connectivity index (χ0) is 19.7. The molecule has 0 fully saturated rings. The van der Waals surface area contributed by atoms with Crippen molar-refractivity contribution >= 4 is 35.8 Å². The van der Waals surface area contributed by atoms with Crippen LogP contribution in [0.15, 0.2) is 53.7 Å². The Morgan fingerprint density at radius 1 is 1.11 bits per heavy atom. The van der Waals surface area contributed by atoms with Crippen molar-refractivity contribution in [2.45, 2.75) is 11.6 Å². The first-order chi connectivity index (χ1) is 13.6. The summed E-state index contributed by atoms with van der Waals surface area (Å²) in [6, 6.07) is 14.6. The molecule has 0 bridgehead atoms. The number of halogens is 2. The van der Waals surface area contributed by atoms with Gasteiger partial charge in [-0.2, -0.15) is 10.4 Å². The van der Waals surface area contributed by atoms with Crippen LogP contribution in [0.3, 0.4) is 0 Å². The average molecular weight is 428 g/mol. The van der Waals surface area contributed by atoms with Gasteiger partial charge in [0, 0.05) is 0 Å². The lowest BCUT2D eigenvalue weighted by Crippen LogP contribution is -2.05. The molecule has 2 heterocycles. The van der Waals surface area contributed by atoms with Gasteiger partial charge >= 0.3 is 0 Å². The first kappa shape index (κ1) is 18.5. The average Bonchev–Trinajstić information content (AvgIpc) is 3.31. The van der Waals surface area contributed by atoms with Gasteiger partial charge in [0.1, 0.15) is 5.03 Å². The summed E-state index contributed by atoms with van der Waals surface area (Å²) in [7, 11) is 0. The zero-order valence-electron chi connectivity index (χ0n) is 14.2. The van der Waals surface area contributed by atoms with Gasteiger partial charge in [-0.1, -0.05) is 41.4 Å². The summed E-state index contributed by atoms with van der Waals surface area (Å²) in [6.45, 7) is 0.435. The molecule has 0 aliphatic rings. The summed E-state index contributed by atoms with van der Waals surface area (Å²) in [5.41, 5.74) is 2.81. The molecule has 0 N–H and O–H groups in total. The van der Waals surface area contributed by atoms with Gasteiger partial charge in [-0.3, -0.25) is 0 Å². The maximum absolute atomic E-state index is 8.92. The van der Waals surface area contributed by atoms with Gasteiger partial charge in [0.05, 0.1) is 45.7 Å². The SMILES string of the molecule is N#Cc1ccc(Cn2nnnc2-c2cnn(-c3cccc(Cl)c3Cl)c2S)cc1. The first-order valence-corrected chi connectivity index (χ1v) is 9.25. The molecule has 0 amide bonds. The van der Waals surface area contributed by atoms with Crippen LogP contribution in [-0.2, 0) is 6.54 Å². The number of thiol groups is 1. The minimum Gasteiger partial charge on any atom is -0.225 e. The van der Waals surface area contributed by atoms with Crippen LogP contribution in [0.25, 0.3) is 17.1 Å². The van der Waals surface area contributed by atoms with Crippen LogP contribution in [0.1, 0.15) is 11.1 Å². The maximum atomic E-state index is 8.92. The van der Waals surface area contributed by atoms with Crippen LogP contribution >= 0.6 is 35.8 Å². The van der Waals surface area contributed by atoms with Crippen LogP contribution in [-0.4, -0.2) is 30.0 Å². The van der Waals surface area contributed by atoms with Gasteiger partial charge < -0.3 is 0 Å². The molecular weight excluding hydrogens is 417 g/mol. The van der Waals surface area contributed by atoms with Crippen molar-refractivity contribution < 1.29 is 0 Å². The van der Waals surface area contributed by atoms with Crippen molar-refractivity contribution in [2.24, 2.45) is 0 Å². The summed E-state index contributed by atoms with van der Waals surface area (Å²) < 4.78 is 3.22. The molecule has 0 radical (unpaired) electrons. The van der Waals surface area contributed by atoms with Gasteiger partial charge in [0.15, 0.2) is 5.82 Å². The molecule has 0 aliphatic heterocycles. The van der Waals surface area contributed by atoms with Crippen molar-refractivity contribution in [3.63, 3.8) is 0 Å². The fraction of sp³-hybridized carbons (Fsp3) is 0.0556. The molecular formula is C18H11Cl2N7S. The molecule has 28 heavy (non-hydrogen) atoms. The lowest BCUT2D eigenvalue weighted by Gasteiger charge is -2.08. The number of aromatic nitrogens is 6. The van der Waals surface area contributed by atoms with E-state index < -0.39 is 0 Å². The summed E-state index contributed by atoms with van der Waals surface area (Å²) in [4.78, 5) is 0. The largest absolute Gasteiger partial charge is 0.225 e. The third kappa shape index (κ3) is 3.36. The number of hydrogen-bond acceptors (Lipinski definition) is 6. The fourth-order valence-corrected chi connectivity index (χ4v) is 3.39. The molecule has 0 saturated carbocycles. The van der Waals surface area contributed by atoms with Crippen LogP contribution in [0, 0.1) is 11.3 Å². The molecule has 0 unspecified atom stereocenters. The first-order valence-electron chi connectivity index (χ1n) is 8.05. The molecule has 0 spiro atoms. The molecule has 0 atom stereocenters. The molecule has 0 aliphatic carbocycles. The van der Waals surface area contributed by atoms with Crippen molar-refractivity contribution in [3.8, 4) is 23.1 Å². The molecule has 0 saturated heterocycles. The van der Waals surface area contributed by atoms with E-state index in [1.807, 2.05) is 12.1 Å². The summed E-state index contributed by atoms with van der Waals surface area (Å²) in [5.74, 6) is 0.513. The minimum absolute atomic E-state index is 0.381. The minimum atomic E-state index is 0.381. The van der Waals surface area contributed by atoms with E-state index >= 15 is 0 Å². The summed E-state index contributed by atoms with van der Waals surface area (Å²) >= 11 is 17.0. The van der Waals surface area contributed by atoms with Crippen molar-refractivity contribution in [2.75, 3.05) is 0 Å². The van der Waals surface area contributed by atoms with Gasteiger partial charge in [-0.05, 0) is 40.3 Å². The second-order valence-electron chi connectivity index (χ2n) is 5.84. The Kier molecular flexibility index (Phi) is 5.05. The van der Waals surface area contributed by atoms with Crippen LogP contribution in [0.5, 0.6) is 0 Å². The van der Waals surface area contributed by atoms with E-state index in [1.54, 1.807) is 45.9 Å². The number of hydrogen-bond donors (Lipinski definition) is 1. The predicted molar refractivity (Wildman–Crippen MR) is 108 cm³/mol. The highest BCUT2D eigenvalue weighted by Gasteiger charge is 2.19. The van der Waals surface area contributed by atoms with Crippen molar-refractivity contribution in [1.29, 1.82) is 5.26 Å². The summed E-state index contributed by atoms with van der Waals surface area (Å²) in [6.07, 6.45) is 1.63. The second-order valence-corrected chi connectivity index (χ2v) is 7.04. The van der Waals surface area contributed by atoms with Gasteiger partial charge in [0.2, 0.25) is 0 Å². The van der Waals surface area contributed by atoms with E-state index in [-0.39, 0.29) is 0 Å². The molecule has 4 aromatic rings. The highest BCUT2D eigenvalue weighted by Crippen LogP contribution is 2.32. The number of rotatable bonds is 4. The molecule has 10 heteroatoms. The highest BCUT2D eigenvalue weighted by atomic mass is 35.5. The van der Waals surface area contributed by atoms with Crippen LogP contribution in [0.2, 0.25) is 10.0 Å². The van der Waals surface area contributed by atoms with E-state index in [0.29, 0.717) is 44.3 Å². The Hall–Kier alpha value is -2.86. The van der Waals surface area contributed by atoms with E-state index in [9.17, 15) is 0 Å². The Bertz CT molecular complexity index is 1190. The smallest absolute Gasteiger partial charge is 0.186 e. The molecule has 2 aromatic heterocycles. The Morgan fingerprint density at radius 2 is 1.89 bits per heavy atom. The normalized spacial score (nSPS) is 10.8. The summed E-state index contributed by atoms with van der Waals surface area (Å²) in [5, 5.41) is 26.6. The topological polar surface area (TPSA) is 85.2 Å². The van der Waals surface area contributed by atoms with Crippen LogP contribution < -0.4 is 0 Å². The quantitative estimate of drug-likeness (QED) is 0.496. The van der Waals surface area contributed by atoms with E-state index in [0.717, 1.165) is 5.56 Å². The van der Waals surface area contributed by atoms with E-state index in [1.165, 1.54) is 0 Å². The predicted octanol–water partition coefficient (Wildman–Crippen LogP) is 4.04. The Labute approximate surface area is 175 Å². The highest BCUT2D eigenvalue weighted by molar-refractivity contribution is 7.80. The fourth-order valence-electron chi connectivity index (χ4n) is 2.69. The molecule has 4 rings (SSSR count). The Balaban J connectivity index is 1.70. The van der Waals surface area contributed by atoms with E-state index in [2.05, 4.69) is 39.3 Å². The number of benzene rings is 2. The number of tetrazole rings is 1. The molecule has 138 valence electrons.